The van der Waals surface area contributed by atoms with E-state index in [1.807, 2.05) is 60.7 Å². The minimum Gasteiger partial charge on any atom is -0.244 e. The van der Waals surface area contributed by atoms with Crippen LogP contribution in [-0.4, -0.2) is 18.5 Å². The molecule has 0 unspecified atom stereocenters. The number of carbonyl (C=O) groups excluding carboxylic acids is 1. The van der Waals surface area contributed by atoms with Crippen LogP contribution in [0.15, 0.2) is 70.6 Å². The van der Waals surface area contributed by atoms with Crippen molar-refractivity contribution in [2.24, 2.45) is 9.98 Å². The lowest BCUT2D eigenvalue weighted by Crippen LogP contribution is -1.92. The fourth-order valence-corrected chi connectivity index (χ4v) is 1.72. The maximum absolute atomic E-state index is 11.4. The molecule has 0 spiro atoms. The quantitative estimate of drug-likeness (QED) is 0.776. The van der Waals surface area contributed by atoms with Crippen molar-refractivity contribution in [3.05, 3.63) is 71.8 Å². The highest BCUT2D eigenvalue weighted by Gasteiger charge is 1.93. The summed E-state index contributed by atoms with van der Waals surface area (Å²) in [6, 6.07) is 19.3. The SMILES string of the molecule is O=C(N=CCc1ccccc1)N=CCc1ccccc1. The van der Waals surface area contributed by atoms with E-state index in [1.54, 1.807) is 12.4 Å². The van der Waals surface area contributed by atoms with Crippen molar-refractivity contribution in [2.45, 2.75) is 12.8 Å². The Labute approximate surface area is 118 Å². The zero-order valence-electron chi connectivity index (χ0n) is 11.1. The van der Waals surface area contributed by atoms with Crippen molar-refractivity contribution in [3.63, 3.8) is 0 Å². The van der Waals surface area contributed by atoms with Gasteiger partial charge in [-0.2, -0.15) is 0 Å². The molecule has 20 heavy (non-hydrogen) atoms. The van der Waals surface area contributed by atoms with Crippen LogP contribution in [0.3, 0.4) is 0 Å². The molecule has 0 saturated carbocycles. The van der Waals surface area contributed by atoms with Gasteiger partial charge in [-0.3, -0.25) is 0 Å². The first-order valence-corrected chi connectivity index (χ1v) is 6.51. The highest BCUT2D eigenvalue weighted by Crippen LogP contribution is 1.99. The van der Waals surface area contributed by atoms with Crippen LogP contribution in [0.5, 0.6) is 0 Å². The van der Waals surface area contributed by atoms with Crippen LogP contribution in [0.25, 0.3) is 0 Å². The fourth-order valence-electron chi connectivity index (χ4n) is 1.72. The fraction of sp³-hybridized carbons (Fsp3) is 0.118. The van der Waals surface area contributed by atoms with E-state index in [0.29, 0.717) is 12.8 Å². The molecule has 2 amide bonds. The van der Waals surface area contributed by atoms with Gasteiger partial charge in [0.05, 0.1) is 0 Å². The smallest absolute Gasteiger partial charge is 0.244 e. The van der Waals surface area contributed by atoms with Crippen LogP contribution >= 0.6 is 0 Å². The second kappa shape index (κ2) is 7.79. The van der Waals surface area contributed by atoms with Gasteiger partial charge in [-0.05, 0) is 11.1 Å². The third-order valence-electron chi connectivity index (χ3n) is 2.74. The largest absolute Gasteiger partial charge is 0.366 e. The molecule has 2 aromatic carbocycles. The van der Waals surface area contributed by atoms with Gasteiger partial charge in [-0.15, -0.1) is 0 Å². The topological polar surface area (TPSA) is 41.8 Å². The first-order valence-electron chi connectivity index (χ1n) is 6.51. The third kappa shape index (κ3) is 4.98. The van der Waals surface area contributed by atoms with E-state index in [1.165, 1.54) is 0 Å². The summed E-state index contributed by atoms with van der Waals surface area (Å²) in [5.74, 6) is 0. The molecule has 100 valence electrons. The number of amides is 2. The molecule has 0 heterocycles. The van der Waals surface area contributed by atoms with E-state index in [9.17, 15) is 4.79 Å². The summed E-state index contributed by atoms with van der Waals surface area (Å²) in [5.41, 5.74) is 2.25. The lowest BCUT2D eigenvalue weighted by molar-refractivity contribution is 0.257. The third-order valence-corrected chi connectivity index (χ3v) is 2.74. The second-order valence-corrected chi connectivity index (χ2v) is 4.29. The predicted molar refractivity (Wildman–Crippen MR) is 82.7 cm³/mol. The summed E-state index contributed by atoms with van der Waals surface area (Å²) in [6.07, 6.45) is 4.47. The van der Waals surface area contributed by atoms with Gasteiger partial charge >= 0.3 is 6.03 Å². The number of hydrogen-bond donors (Lipinski definition) is 0. The maximum Gasteiger partial charge on any atom is 0.366 e. The Kier molecular flexibility index (Phi) is 5.40. The molecule has 3 nitrogen and oxygen atoms in total. The molecule has 0 aliphatic rings. The number of nitrogens with zero attached hydrogens (tertiary/aromatic N) is 2. The van der Waals surface area contributed by atoms with E-state index in [2.05, 4.69) is 9.98 Å². The molecule has 3 heteroatoms. The number of benzene rings is 2. The molecule has 2 rings (SSSR count). The van der Waals surface area contributed by atoms with E-state index in [0.717, 1.165) is 11.1 Å². The molecule has 0 radical (unpaired) electrons. The maximum atomic E-state index is 11.4. The summed E-state index contributed by atoms with van der Waals surface area (Å²) in [4.78, 5) is 19.0. The Morgan fingerprint density at radius 3 is 1.55 bits per heavy atom. The molecule has 0 aromatic heterocycles. The number of hydrogen-bond acceptors (Lipinski definition) is 1. The molecular weight excluding hydrogens is 248 g/mol. The minimum atomic E-state index is -0.461. The predicted octanol–water partition coefficient (Wildman–Crippen LogP) is 3.73. The average Bonchev–Trinajstić information content (AvgIpc) is 2.49. The molecule has 0 fully saturated rings. The highest BCUT2D eigenvalue weighted by molar-refractivity contribution is 5.90. The van der Waals surface area contributed by atoms with Gasteiger partial charge in [0.1, 0.15) is 0 Å². The lowest BCUT2D eigenvalue weighted by Gasteiger charge is -1.93. The Hall–Kier alpha value is -2.55. The number of urea groups is 1. The second-order valence-electron chi connectivity index (χ2n) is 4.29. The Bertz CT molecular complexity index is 535. The van der Waals surface area contributed by atoms with Gasteiger partial charge < -0.3 is 0 Å². The van der Waals surface area contributed by atoms with Crippen molar-refractivity contribution >= 4 is 18.5 Å². The van der Waals surface area contributed by atoms with Gasteiger partial charge in [0, 0.05) is 25.3 Å². The van der Waals surface area contributed by atoms with E-state index in [-0.39, 0.29) is 0 Å². The molecule has 0 atom stereocenters. The van der Waals surface area contributed by atoms with Gasteiger partial charge in [-0.1, -0.05) is 60.7 Å². The molecule has 2 aromatic rings. The van der Waals surface area contributed by atoms with Gasteiger partial charge in [-0.25, -0.2) is 14.8 Å². The molecule has 0 saturated heterocycles. The number of rotatable bonds is 4. The number of aliphatic imine (C=N–C) groups is 2. The van der Waals surface area contributed by atoms with Gasteiger partial charge in [0.2, 0.25) is 0 Å². The van der Waals surface area contributed by atoms with Gasteiger partial charge in [0.25, 0.3) is 0 Å². The Balaban J connectivity index is 1.77. The van der Waals surface area contributed by atoms with Crippen molar-refractivity contribution in [2.75, 3.05) is 0 Å². The summed E-state index contributed by atoms with van der Waals surface area (Å²) < 4.78 is 0. The van der Waals surface area contributed by atoms with E-state index >= 15 is 0 Å². The summed E-state index contributed by atoms with van der Waals surface area (Å²) in [7, 11) is 0. The zero-order valence-corrected chi connectivity index (χ0v) is 11.1. The summed E-state index contributed by atoms with van der Waals surface area (Å²) in [5, 5.41) is 0. The summed E-state index contributed by atoms with van der Waals surface area (Å²) in [6.45, 7) is 0. The molecule has 0 aliphatic carbocycles. The van der Waals surface area contributed by atoms with Gasteiger partial charge in [0.15, 0.2) is 0 Å². The van der Waals surface area contributed by atoms with Crippen molar-refractivity contribution in [1.82, 2.24) is 0 Å². The Morgan fingerprint density at radius 1 is 0.750 bits per heavy atom. The van der Waals surface area contributed by atoms with E-state index in [4.69, 9.17) is 0 Å². The molecule has 0 bridgehead atoms. The van der Waals surface area contributed by atoms with Crippen LogP contribution in [0.1, 0.15) is 11.1 Å². The minimum absolute atomic E-state index is 0.461. The van der Waals surface area contributed by atoms with Crippen molar-refractivity contribution in [1.29, 1.82) is 0 Å². The first-order chi connectivity index (χ1) is 9.84. The van der Waals surface area contributed by atoms with Crippen molar-refractivity contribution < 1.29 is 4.79 Å². The molecule has 0 aliphatic heterocycles. The van der Waals surface area contributed by atoms with Crippen molar-refractivity contribution in [3.8, 4) is 0 Å². The van der Waals surface area contributed by atoms with E-state index < -0.39 is 6.03 Å². The van der Waals surface area contributed by atoms with Crippen LogP contribution in [-0.2, 0) is 12.8 Å². The van der Waals surface area contributed by atoms with Crippen LogP contribution < -0.4 is 0 Å². The molecular formula is C17H16N2O. The summed E-state index contributed by atoms with van der Waals surface area (Å²) >= 11 is 0. The van der Waals surface area contributed by atoms with Crippen LogP contribution in [0, 0.1) is 0 Å². The highest BCUT2D eigenvalue weighted by atomic mass is 16.2. The zero-order chi connectivity index (χ0) is 14.0. The standard InChI is InChI=1S/C17H16N2O/c20-17(18-13-11-15-7-3-1-4-8-15)19-14-12-16-9-5-2-6-10-16/h1-10,13-14H,11-12H2. The number of carbonyl (C=O) groups is 1. The normalized spacial score (nSPS) is 11.2. The monoisotopic (exact) mass is 264 g/mol. The first kappa shape index (κ1) is 13.9. The van der Waals surface area contributed by atoms with Crippen LogP contribution in [0.2, 0.25) is 0 Å². The molecule has 0 N–H and O–H groups in total. The average molecular weight is 264 g/mol. The Morgan fingerprint density at radius 2 is 1.15 bits per heavy atom. The lowest BCUT2D eigenvalue weighted by atomic mass is 10.2. The van der Waals surface area contributed by atoms with Crippen LogP contribution in [0.4, 0.5) is 4.79 Å².